The van der Waals surface area contributed by atoms with Gasteiger partial charge >= 0.3 is 5.97 Å². The monoisotopic (exact) mass is 252 g/mol. The molecular formula is C11H16N4O3. The number of aromatic nitrogens is 3. The quantitative estimate of drug-likeness (QED) is 0.758. The van der Waals surface area contributed by atoms with Gasteiger partial charge in [0, 0.05) is 6.04 Å². The normalized spacial score (nSPS) is 16.3. The van der Waals surface area contributed by atoms with E-state index in [4.69, 9.17) is 5.11 Å². The molecule has 1 aliphatic carbocycles. The highest BCUT2D eigenvalue weighted by atomic mass is 16.4. The third kappa shape index (κ3) is 3.54. The van der Waals surface area contributed by atoms with Crippen LogP contribution in [0, 0.1) is 5.92 Å². The second-order valence-electron chi connectivity index (χ2n) is 4.75. The Morgan fingerprint density at radius 1 is 1.61 bits per heavy atom. The van der Waals surface area contributed by atoms with Crippen molar-refractivity contribution < 1.29 is 14.7 Å². The molecule has 0 radical (unpaired) electrons. The summed E-state index contributed by atoms with van der Waals surface area (Å²) in [6.07, 6.45) is 4.81. The molecule has 0 saturated heterocycles. The Balaban J connectivity index is 1.87. The van der Waals surface area contributed by atoms with Gasteiger partial charge in [-0.05, 0) is 19.3 Å². The lowest BCUT2D eigenvalue weighted by atomic mass is 10.1. The molecule has 0 aromatic carbocycles. The minimum Gasteiger partial charge on any atom is -0.480 e. The van der Waals surface area contributed by atoms with Crippen molar-refractivity contribution in [1.82, 2.24) is 20.3 Å². The molecule has 1 aromatic heterocycles. The van der Waals surface area contributed by atoms with Gasteiger partial charge in [-0.15, -0.1) is 5.10 Å². The van der Waals surface area contributed by atoms with Crippen molar-refractivity contribution in [3.63, 3.8) is 0 Å². The lowest BCUT2D eigenvalue weighted by Crippen LogP contribution is -2.33. The van der Waals surface area contributed by atoms with E-state index in [0.717, 1.165) is 17.0 Å². The Morgan fingerprint density at radius 2 is 2.33 bits per heavy atom. The van der Waals surface area contributed by atoms with Crippen LogP contribution in [0.4, 0.5) is 0 Å². The van der Waals surface area contributed by atoms with Gasteiger partial charge in [-0.25, -0.2) is 4.68 Å². The molecule has 1 fully saturated rings. The van der Waals surface area contributed by atoms with Crippen molar-refractivity contribution in [1.29, 1.82) is 0 Å². The molecule has 7 nitrogen and oxygen atoms in total. The molecule has 1 unspecified atom stereocenters. The number of hydrogen-bond donors (Lipinski definition) is 2. The molecule has 1 heterocycles. The average Bonchev–Trinajstić information content (AvgIpc) is 2.94. The highest BCUT2D eigenvalue weighted by molar-refractivity contribution is 5.92. The number of nitrogens with zero attached hydrogens (tertiary/aromatic N) is 3. The summed E-state index contributed by atoms with van der Waals surface area (Å²) in [6.45, 7) is 1.66. The third-order valence-corrected chi connectivity index (χ3v) is 2.83. The maximum atomic E-state index is 11.8. The van der Waals surface area contributed by atoms with Crippen LogP contribution in [-0.2, 0) is 11.3 Å². The minimum atomic E-state index is -1.02. The van der Waals surface area contributed by atoms with Gasteiger partial charge in [0.05, 0.1) is 6.20 Å². The third-order valence-electron chi connectivity index (χ3n) is 2.83. The first-order chi connectivity index (χ1) is 8.54. The van der Waals surface area contributed by atoms with Gasteiger partial charge in [-0.2, -0.15) is 0 Å². The first kappa shape index (κ1) is 12.5. The highest BCUT2D eigenvalue weighted by Crippen LogP contribution is 2.33. The first-order valence-electron chi connectivity index (χ1n) is 5.97. The number of amides is 1. The molecule has 0 bridgehead atoms. The van der Waals surface area contributed by atoms with E-state index in [0.29, 0.717) is 0 Å². The predicted octanol–water partition coefficient (Wildman–Crippen LogP) is 0.281. The second kappa shape index (κ2) is 5.16. The largest absolute Gasteiger partial charge is 0.480 e. The SMILES string of the molecule is CC(CC1CC1)NC(=O)c1cn(CC(=O)O)nn1. The number of carbonyl (C=O) groups excluding carboxylic acids is 1. The molecule has 0 aliphatic heterocycles. The summed E-state index contributed by atoms with van der Waals surface area (Å²) in [6, 6.07) is 0.106. The summed E-state index contributed by atoms with van der Waals surface area (Å²) < 4.78 is 1.13. The van der Waals surface area contributed by atoms with Gasteiger partial charge in [-0.3, -0.25) is 9.59 Å². The fraction of sp³-hybridized carbons (Fsp3) is 0.636. The fourth-order valence-corrected chi connectivity index (χ4v) is 1.83. The van der Waals surface area contributed by atoms with Crippen LogP contribution in [0.5, 0.6) is 0 Å². The first-order valence-corrected chi connectivity index (χ1v) is 5.97. The Hall–Kier alpha value is -1.92. The van der Waals surface area contributed by atoms with Gasteiger partial charge in [-0.1, -0.05) is 18.1 Å². The average molecular weight is 252 g/mol. The van der Waals surface area contributed by atoms with Crippen LogP contribution in [0.25, 0.3) is 0 Å². The summed E-state index contributed by atoms with van der Waals surface area (Å²) in [7, 11) is 0. The number of carboxylic acid groups (broad SMARTS) is 1. The van der Waals surface area contributed by atoms with Crippen LogP contribution >= 0.6 is 0 Å². The van der Waals surface area contributed by atoms with Crippen molar-refractivity contribution in [2.75, 3.05) is 0 Å². The van der Waals surface area contributed by atoms with E-state index in [9.17, 15) is 9.59 Å². The second-order valence-corrected chi connectivity index (χ2v) is 4.75. The topological polar surface area (TPSA) is 97.1 Å². The standard InChI is InChI=1S/C11H16N4O3/c1-7(4-8-2-3-8)12-11(18)9-5-15(14-13-9)6-10(16)17/h5,7-8H,2-4,6H2,1H3,(H,12,18)(H,16,17). The molecule has 1 saturated carbocycles. The van der Waals surface area contributed by atoms with Crippen molar-refractivity contribution in [3.8, 4) is 0 Å². The smallest absolute Gasteiger partial charge is 0.325 e. The van der Waals surface area contributed by atoms with Crippen molar-refractivity contribution in [3.05, 3.63) is 11.9 Å². The lowest BCUT2D eigenvalue weighted by molar-refractivity contribution is -0.137. The van der Waals surface area contributed by atoms with Crippen molar-refractivity contribution in [2.45, 2.75) is 38.8 Å². The van der Waals surface area contributed by atoms with Crippen LogP contribution in [0.3, 0.4) is 0 Å². The molecule has 2 rings (SSSR count). The summed E-state index contributed by atoms with van der Waals surface area (Å²) in [5, 5.41) is 18.6. The Labute approximate surface area is 104 Å². The van der Waals surface area contributed by atoms with Crippen LogP contribution in [0.15, 0.2) is 6.20 Å². The maximum absolute atomic E-state index is 11.8. The fourth-order valence-electron chi connectivity index (χ4n) is 1.83. The number of nitrogens with one attached hydrogen (secondary N) is 1. The molecule has 7 heteroatoms. The number of aliphatic carboxylic acids is 1. The van der Waals surface area contributed by atoms with Crippen LogP contribution in [0.1, 0.15) is 36.7 Å². The summed E-state index contributed by atoms with van der Waals surface area (Å²) in [5.41, 5.74) is 0.152. The zero-order valence-corrected chi connectivity index (χ0v) is 10.2. The summed E-state index contributed by atoms with van der Waals surface area (Å²) >= 11 is 0. The Bertz CT molecular complexity index is 453. The summed E-state index contributed by atoms with van der Waals surface area (Å²) in [5.74, 6) is -0.586. The lowest BCUT2D eigenvalue weighted by Gasteiger charge is -2.11. The molecular weight excluding hydrogens is 236 g/mol. The molecule has 1 aromatic rings. The van der Waals surface area contributed by atoms with Gasteiger partial charge in [0.15, 0.2) is 5.69 Å². The molecule has 0 spiro atoms. The van der Waals surface area contributed by atoms with E-state index < -0.39 is 5.97 Å². The number of carbonyl (C=O) groups is 2. The van der Waals surface area contributed by atoms with E-state index >= 15 is 0 Å². The maximum Gasteiger partial charge on any atom is 0.325 e. The van der Waals surface area contributed by atoms with Gasteiger partial charge in [0.2, 0.25) is 0 Å². The van der Waals surface area contributed by atoms with Crippen molar-refractivity contribution >= 4 is 11.9 Å². The zero-order chi connectivity index (χ0) is 13.1. The predicted molar refractivity (Wildman–Crippen MR) is 61.9 cm³/mol. The number of rotatable bonds is 6. The molecule has 98 valence electrons. The Morgan fingerprint density at radius 3 is 2.94 bits per heavy atom. The van der Waals surface area contributed by atoms with E-state index in [2.05, 4.69) is 15.6 Å². The van der Waals surface area contributed by atoms with Gasteiger partial charge < -0.3 is 10.4 Å². The zero-order valence-electron chi connectivity index (χ0n) is 10.2. The van der Waals surface area contributed by atoms with Crippen molar-refractivity contribution in [2.24, 2.45) is 5.92 Å². The molecule has 1 atom stereocenters. The van der Waals surface area contributed by atoms with Crippen LogP contribution in [0.2, 0.25) is 0 Å². The van der Waals surface area contributed by atoms with E-state index in [-0.39, 0.29) is 24.2 Å². The molecule has 1 amide bonds. The van der Waals surface area contributed by atoms with Gasteiger partial charge in [0.1, 0.15) is 6.54 Å². The molecule has 1 aliphatic rings. The van der Waals surface area contributed by atoms with Crippen LogP contribution in [-0.4, -0.2) is 38.0 Å². The van der Waals surface area contributed by atoms with E-state index in [1.807, 2.05) is 6.92 Å². The Kier molecular flexibility index (Phi) is 3.59. The minimum absolute atomic E-state index is 0.106. The van der Waals surface area contributed by atoms with Gasteiger partial charge in [0.25, 0.3) is 5.91 Å². The molecule has 2 N–H and O–H groups in total. The number of carboxylic acids is 1. The highest BCUT2D eigenvalue weighted by Gasteiger charge is 2.24. The molecule has 18 heavy (non-hydrogen) atoms. The van der Waals surface area contributed by atoms with E-state index in [1.54, 1.807) is 0 Å². The van der Waals surface area contributed by atoms with E-state index in [1.165, 1.54) is 19.0 Å². The summed E-state index contributed by atoms with van der Waals surface area (Å²) in [4.78, 5) is 22.2. The van der Waals surface area contributed by atoms with Crippen LogP contribution < -0.4 is 5.32 Å². The number of hydrogen-bond acceptors (Lipinski definition) is 4.